The quantitative estimate of drug-likeness (QED) is 0.883. The highest BCUT2D eigenvalue weighted by Gasteiger charge is 2.23. The van der Waals surface area contributed by atoms with Gasteiger partial charge in [0, 0.05) is 29.6 Å². The van der Waals surface area contributed by atoms with E-state index in [2.05, 4.69) is 46.2 Å². The maximum Gasteiger partial charge on any atom is 0.0948 e. The zero-order valence-corrected chi connectivity index (χ0v) is 11.4. The van der Waals surface area contributed by atoms with E-state index in [1.54, 1.807) is 0 Å². The molecule has 0 atom stereocenters. The molecule has 4 heteroatoms. The Bertz CT molecular complexity index is 457. The minimum atomic E-state index is 0.150. The Hall–Kier alpha value is -1.13. The molecule has 0 aliphatic rings. The van der Waals surface area contributed by atoms with Gasteiger partial charge in [0.1, 0.15) is 0 Å². The third-order valence-electron chi connectivity index (χ3n) is 2.91. The summed E-state index contributed by atoms with van der Waals surface area (Å²) in [6.45, 7) is 6.38. The summed E-state index contributed by atoms with van der Waals surface area (Å²) >= 11 is 1.82. The SMILES string of the molecule is CNCc1cncn1CC(C)(C)c1cccs1. The topological polar surface area (TPSA) is 29.9 Å². The van der Waals surface area contributed by atoms with Crippen molar-refractivity contribution in [2.75, 3.05) is 7.05 Å². The van der Waals surface area contributed by atoms with Crippen molar-refractivity contribution >= 4 is 11.3 Å². The molecule has 0 bridgehead atoms. The molecular weight excluding hydrogens is 230 g/mol. The van der Waals surface area contributed by atoms with Gasteiger partial charge in [0.2, 0.25) is 0 Å². The third kappa shape index (κ3) is 2.76. The van der Waals surface area contributed by atoms with Gasteiger partial charge in [-0.3, -0.25) is 0 Å². The Morgan fingerprint density at radius 2 is 2.29 bits per heavy atom. The first kappa shape index (κ1) is 12.3. The van der Waals surface area contributed by atoms with Crippen LogP contribution in [0.2, 0.25) is 0 Å². The number of nitrogens with one attached hydrogen (secondary N) is 1. The van der Waals surface area contributed by atoms with Gasteiger partial charge >= 0.3 is 0 Å². The molecule has 17 heavy (non-hydrogen) atoms. The van der Waals surface area contributed by atoms with Gasteiger partial charge in [0.05, 0.1) is 12.0 Å². The van der Waals surface area contributed by atoms with E-state index in [1.807, 2.05) is 30.9 Å². The van der Waals surface area contributed by atoms with Gasteiger partial charge in [-0.2, -0.15) is 0 Å². The van der Waals surface area contributed by atoms with Crippen molar-refractivity contribution in [1.29, 1.82) is 0 Å². The normalized spacial score (nSPS) is 11.9. The van der Waals surface area contributed by atoms with Crippen LogP contribution in [0.3, 0.4) is 0 Å². The van der Waals surface area contributed by atoms with Crippen molar-refractivity contribution in [3.63, 3.8) is 0 Å². The van der Waals surface area contributed by atoms with Gasteiger partial charge in [-0.15, -0.1) is 11.3 Å². The van der Waals surface area contributed by atoms with Crippen LogP contribution in [-0.4, -0.2) is 16.6 Å². The van der Waals surface area contributed by atoms with Crippen LogP contribution >= 0.6 is 11.3 Å². The lowest BCUT2D eigenvalue weighted by Gasteiger charge is -2.25. The van der Waals surface area contributed by atoms with Crippen molar-refractivity contribution in [1.82, 2.24) is 14.9 Å². The van der Waals surface area contributed by atoms with E-state index in [0.29, 0.717) is 0 Å². The fourth-order valence-electron chi connectivity index (χ4n) is 1.99. The van der Waals surface area contributed by atoms with Crippen LogP contribution in [0.25, 0.3) is 0 Å². The average molecular weight is 249 g/mol. The van der Waals surface area contributed by atoms with E-state index in [-0.39, 0.29) is 5.41 Å². The molecule has 0 saturated heterocycles. The molecule has 0 spiro atoms. The number of hydrogen-bond donors (Lipinski definition) is 1. The molecule has 2 heterocycles. The number of hydrogen-bond acceptors (Lipinski definition) is 3. The average Bonchev–Trinajstić information content (AvgIpc) is 2.90. The summed E-state index contributed by atoms with van der Waals surface area (Å²) in [7, 11) is 1.96. The number of thiophene rings is 1. The number of nitrogens with zero attached hydrogens (tertiary/aromatic N) is 2. The largest absolute Gasteiger partial charge is 0.333 e. The Labute approximate surface area is 107 Å². The van der Waals surface area contributed by atoms with Crippen molar-refractivity contribution in [2.24, 2.45) is 0 Å². The Kier molecular flexibility index (Phi) is 3.64. The first-order chi connectivity index (χ1) is 8.13. The first-order valence-corrected chi connectivity index (χ1v) is 6.69. The fraction of sp³-hybridized carbons (Fsp3) is 0.462. The Balaban J connectivity index is 2.17. The molecule has 2 rings (SSSR count). The molecule has 3 nitrogen and oxygen atoms in total. The van der Waals surface area contributed by atoms with E-state index in [0.717, 1.165) is 13.1 Å². The summed E-state index contributed by atoms with van der Waals surface area (Å²) in [5, 5.41) is 5.31. The molecule has 2 aromatic rings. The second-order valence-corrected chi connectivity index (χ2v) is 5.85. The first-order valence-electron chi connectivity index (χ1n) is 5.81. The maximum absolute atomic E-state index is 4.23. The molecule has 0 aliphatic heterocycles. The van der Waals surface area contributed by atoms with Crippen LogP contribution < -0.4 is 5.32 Å². The predicted octanol–water partition coefficient (Wildman–Crippen LogP) is 2.64. The summed E-state index contributed by atoms with van der Waals surface area (Å²) < 4.78 is 2.23. The highest BCUT2D eigenvalue weighted by Crippen LogP contribution is 2.29. The summed E-state index contributed by atoms with van der Waals surface area (Å²) in [6.07, 6.45) is 3.85. The molecule has 0 saturated carbocycles. The monoisotopic (exact) mass is 249 g/mol. The van der Waals surface area contributed by atoms with Gasteiger partial charge in [0.25, 0.3) is 0 Å². The van der Waals surface area contributed by atoms with E-state index in [9.17, 15) is 0 Å². The van der Waals surface area contributed by atoms with E-state index in [1.165, 1.54) is 10.6 Å². The molecule has 0 unspecified atom stereocenters. The van der Waals surface area contributed by atoms with Gasteiger partial charge in [-0.25, -0.2) is 4.98 Å². The predicted molar refractivity (Wildman–Crippen MR) is 72.3 cm³/mol. The van der Waals surface area contributed by atoms with Crippen LogP contribution in [-0.2, 0) is 18.5 Å². The zero-order valence-electron chi connectivity index (χ0n) is 10.6. The molecule has 0 aromatic carbocycles. The molecule has 0 fully saturated rings. The smallest absolute Gasteiger partial charge is 0.0948 e. The second kappa shape index (κ2) is 5.02. The second-order valence-electron chi connectivity index (χ2n) is 4.90. The molecule has 2 aromatic heterocycles. The Morgan fingerprint density at radius 3 is 2.94 bits per heavy atom. The van der Waals surface area contributed by atoms with E-state index in [4.69, 9.17) is 0 Å². The number of aromatic nitrogens is 2. The van der Waals surface area contributed by atoms with E-state index >= 15 is 0 Å². The summed E-state index contributed by atoms with van der Waals surface area (Å²) in [6, 6.07) is 4.32. The van der Waals surface area contributed by atoms with Crippen LogP contribution in [0.5, 0.6) is 0 Å². The maximum atomic E-state index is 4.23. The van der Waals surface area contributed by atoms with Crippen LogP contribution in [0.1, 0.15) is 24.4 Å². The highest BCUT2D eigenvalue weighted by atomic mass is 32.1. The lowest BCUT2D eigenvalue weighted by atomic mass is 9.91. The number of imidazole rings is 1. The third-order valence-corrected chi connectivity index (χ3v) is 4.15. The fourth-order valence-corrected chi connectivity index (χ4v) is 2.83. The number of rotatable bonds is 5. The zero-order chi connectivity index (χ0) is 12.3. The van der Waals surface area contributed by atoms with Crippen molar-refractivity contribution in [2.45, 2.75) is 32.4 Å². The van der Waals surface area contributed by atoms with Crippen molar-refractivity contribution in [3.8, 4) is 0 Å². The standard InChI is InChI=1S/C13H19N3S/c1-13(2,12-5-4-6-17-12)9-16-10-15-8-11(16)7-14-3/h4-6,8,10,14H,7,9H2,1-3H3. The molecule has 0 amide bonds. The Morgan fingerprint density at radius 1 is 1.47 bits per heavy atom. The van der Waals surface area contributed by atoms with Crippen LogP contribution in [0.4, 0.5) is 0 Å². The molecule has 92 valence electrons. The van der Waals surface area contributed by atoms with Crippen LogP contribution in [0, 0.1) is 0 Å². The summed E-state index contributed by atoms with van der Waals surface area (Å²) in [4.78, 5) is 5.65. The van der Waals surface area contributed by atoms with E-state index < -0.39 is 0 Å². The lowest BCUT2D eigenvalue weighted by Crippen LogP contribution is -2.25. The highest BCUT2D eigenvalue weighted by molar-refractivity contribution is 7.10. The van der Waals surface area contributed by atoms with Crippen molar-refractivity contribution in [3.05, 3.63) is 40.6 Å². The minimum absolute atomic E-state index is 0.150. The minimum Gasteiger partial charge on any atom is -0.333 e. The molecule has 0 radical (unpaired) electrons. The summed E-state index contributed by atoms with van der Waals surface area (Å²) in [5.74, 6) is 0. The van der Waals surface area contributed by atoms with Gasteiger partial charge in [0.15, 0.2) is 0 Å². The van der Waals surface area contributed by atoms with Gasteiger partial charge < -0.3 is 9.88 Å². The van der Waals surface area contributed by atoms with Crippen molar-refractivity contribution < 1.29 is 0 Å². The van der Waals surface area contributed by atoms with Crippen LogP contribution in [0.15, 0.2) is 30.0 Å². The molecular formula is C13H19N3S. The molecule has 1 N–H and O–H groups in total. The van der Waals surface area contributed by atoms with Gasteiger partial charge in [-0.1, -0.05) is 19.9 Å². The summed E-state index contributed by atoms with van der Waals surface area (Å²) in [5.41, 5.74) is 1.38. The lowest BCUT2D eigenvalue weighted by molar-refractivity contribution is 0.432. The van der Waals surface area contributed by atoms with Gasteiger partial charge in [-0.05, 0) is 18.5 Å². The molecule has 0 aliphatic carbocycles.